The molecule has 6 nitrogen and oxygen atoms in total. The number of Topliss-reactive ketones (excluding diaryl/α,β-unsaturated/α-hetero) is 1. The highest BCUT2D eigenvalue weighted by Crippen LogP contribution is 2.19. The van der Waals surface area contributed by atoms with Crippen molar-refractivity contribution in [1.82, 2.24) is 5.32 Å². The van der Waals surface area contributed by atoms with E-state index in [1.807, 2.05) is 0 Å². The average Bonchev–Trinajstić information content (AvgIpc) is 2.40. The maximum atomic E-state index is 12.0. The summed E-state index contributed by atoms with van der Waals surface area (Å²) in [7, 11) is 0. The molecule has 0 aromatic heterocycles. The monoisotopic (exact) mass is 242 g/mol. The summed E-state index contributed by atoms with van der Waals surface area (Å²) < 4.78 is 0. The molecule has 1 N–H and O–H groups in total. The Bertz CT molecular complexity index is 585. The van der Waals surface area contributed by atoms with Crippen LogP contribution in [-0.2, 0) is 0 Å². The fourth-order valence-electron chi connectivity index (χ4n) is 1.73. The van der Waals surface area contributed by atoms with Crippen LogP contribution in [0.4, 0.5) is 0 Å². The van der Waals surface area contributed by atoms with Crippen molar-refractivity contribution in [1.29, 1.82) is 0 Å². The Morgan fingerprint density at radius 2 is 1.94 bits per heavy atom. The summed E-state index contributed by atoms with van der Waals surface area (Å²) in [6, 6.07) is 6.69. The van der Waals surface area contributed by atoms with Crippen molar-refractivity contribution in [3.05, 3.63) is 57.6 Å². The first-order valence-electron chi connectivity index (χ1n) is 5.38. The fraction of sp³-hybridized carbons (Fsp3) is 0.167. The highest BCUT2D eigenvalue weighted by Gasteiger charge is 2.24. The Labute approximate surface area is 103 Å². The Hall–Kier alpha value is -2.59. The van der Waals surface area contributed by atoms with Gasteiger partial charge in [-0.05, 0) is 5.53 Å². The highest BCUT2D eigenvalue weighted by molar-refractivity contribution is 6.24. The molecular weight excluding hydrogens is 232 g/mol. The van der Waals surface area contributed by atoms with Gasteiger partial charge in [0.05, 0.1) is 5.70 Å². The van der Waals surface area contributed by atoms with Crippen LogP contribution in [0.15, 0.2) is 41.2 Å². The molecule has 0 spiro atoms. The van der Waals surface area contributed by atoms with Gasteiger partial charge in [-0.3, -0.25) is 9.59 Å². The number of hydrogen-bond acceptors (Lipinski definition) is 4. The fourth-order valence-corrected chi connectivity index (χ4v) is 1.73. The molecule has 0 fully saturated rings. The number of carbonyl (C=O) groups is 2. The lowest BCUT2D eigenvalue weighted by atomic mass is 9.93. The largest absolute Gasteiger partial charge is 0.382 e. The second kappa shape index (κ2) is 5.16. The maximum Gasteiger partial charge on any atom is 0.209 e. The number of nitrogens with zero attached hydrogens (tertiary/aromatic N) is 3. The van der Waals surface area contributed by atoms with Gasteiger partial charge >= 0.3 is 0 Å². The summed E-state index contributed by atoms with van der Waals surface area (Å²) in [6.45, 7) is 0.536. The summed E-state index contributed by atoms with van der Waals surface area (Å²) in [6.07, 6.45) is 1.28. The molecule has 1 aromatic rings. The number of nitrogens with one attached hydrogen (secondary N) is 1. The number of fused-ring (bicyclic) bond motifs is 1. The van der Waals surface area contributed by atoms with Crippen LogP contribution in [-0.4, -0.2) is 24.7 Å². The van der Waals surface area contributed by atoms with Crippen LogP contribution in [0.1, 0.15) is 20.7 Å². The second-order valence-electron chi connectivity index (χ2n) is 3.68. The number of hydrogen-bond donors (Lipinski definition) is 1. The molecule has 0 bridgehead atoms. The smallest absolute Gasteiger partial charge is 0.209 e. The number of benzene rings is 1. The van der Waals surface area contributed by atoms with Crippen LogP contribution >= 0.6 is 0 Å². The van der Waals surface area contributed by atoms with Gasteiger partial charge in [-0.15, -0.1) is 0 Å². The minimum Gasteiger partial charge on any atom is -0.382 e. The zero-order chi connectivity index (χ0) is 13.0. The first kappa shape index (κ1) is 11.9. The van der Waals surface area contributed by atoms with Crippen LogP contribution in [0.3, 0.4) is 0 Å². The van der Waals surface area contributed by atoms with Gasteiger partial charge in [0.1, 0.15) is 0 Å². The number of allylic oxidation sites excluding steroid dienone is 2. The van der Waals surface area contributed by atoms with Gasteiger partial charge in [0.25, 0.3) is 0 Å². The molecule has 2 rings (SSSR count). The molecule has 6 heteroatoms. The maximum absolute atomic E-state index is 12.0. The van der Waals surface area contributed by atoms with Crippen LogP contribution in [0.5, 0.6) is 0 Å². The van der Waals surface area contributed by atoms with E-state index in [2.05, 4.69) is 15.3 Å². The number of rotatable bonds is 4. The van der Waals surface area contributed by atoms with Crippen molar-refractivity contribution in [2.24, 2.45) is 5.11 Å². The lowest BCUT2D eigenvalue weighted by Crippen LogP contribution is -2.28. The minimum atomic E-state index is -0.217. The standard InChI is InChI=1S/C12H10N4O2/c13-16-15-6-5-14-10-7-11(17)8-3-1-2-4-9(8)12(10)18/h1-4,7,14H,5-6H2. The van der Waals surface area contributed by atoms with Crippen LogP contribution in [0.2, 0.25) is 0 Å². The molecule has 18 heavy (non-hydrogen) atoms. The third kappa shape index (κ3) is 2.23. The predicted molar refractivity (Wildman–Crippen MR) is 65.2 cm³/mol. The van der Waals surface area contributed by atoms with Crippen molar-refractivity contribution >= 4 is 11.6 Å². The molecule has 1 aliphatic rings. The number of ketones is 2. The van der Waals surface area contributed by atoms with Crippen molar-refractivity contribution in [2.45, 2.75) is 0 Å². The molecule has 1 aromatic carbocycles. The average molecular weight is 242 g/mol. The van der Waals surface area contributed by atoms with Crippen LogP contribution < -0.4 is 5.32 Å². The van der Waals surface area contributed by atoms with Gasteiger partial charge in [0.2, 0.25) is 5.78 Å². The van der Waals surface area contributed by atoms with Crippen molar-refractivity contribution < 1.29 is 9.59 Å². The summed E-state index contributed by atoms with van der Waals surface area (Å²) in [4.78, 5) is 26.4. The van der Waals surface area contributed by atoms with E-state index in [0.29, 0.717) is 17.7 Å². The summed E-state index contributed by atoms with van der Waals surface area (Å²) in [5, 5.41) is 6.14. The van der Waals surface area contributed by atoms with Gasteiger partial charge in [-0.2, -0.15) is 0 Å². The quantitative estimate of drug-likeness (QED) is 0.377. The molecule has 0 unspecified atom stereocenters. The van der Waals surface area contributed by atoms with Crippen LogP contribution in [0, 0.1) is 0 Å². The molecule has 90 valence electrons. The molecule has 0 radical (unpaired) electrons. The topological polar surface area (TPSA) is 94.9 Å². The molecule has 0 aliphatic heterocycles. The molecule has 0 saturated heterocycles. The van der Waals surface area contributed by atoms with Gasteiger partial charge < -0.3 is 5.32 Å². The van der Waals surface area contributed by atoms with Crippen molar-refractivity contribution in [2.75, 3.05) is 13.1 Å². The van der Waals surface area contributed by atoms with Gasteiger partial charge in [-0.25, -0.2) is 0 Å². The molecular formula is C12H10N4O2. The van der Waals surface area contributed by atoms with E-state index in [9.17, 15) is 9.59 Å². The van der Waals surface area contributed by atoms with E-state index in [-0.39, 0.29) is 23.8 Å². The van der Waals surface area contributed by atoms with E-state index < -0.39 is 0 Å². The van der Waals surface area contributed by atoms with Crippen LogP contribution in [0.25, 0.3) is 10.4 Å². The van der Waals surface area contributed by atoms with Gasteiger partial charge in [-0.1, -0.05) is 29.4 Å². The third-order valence-electron chi connectivity index (χ3n) is 2.55. The highest BCUT2D eigenvalue weighted by atomic mass is 16.1. The second-order valence-corrected chi connectivity index (χ2v) is 3.68. The van der Waals surface area contributed by atoms with E-state index in [4.69, 9.17) is 5.53 Å². The van der Waals surface area contributed by atoms with E-state index >= 15 is 0 Å². The zero-order valence-electron chi connectivity index (χ0n) is 9.46. The Kier molecular flexibility index (Phi) is 3.41. The Morgan fingerprint density at radius 1 is 1.22 bits per heavy atom. The van der Waals surface area contributed by atoms with E-state index in [1.54, 1.807) is 24.3 Å². The Morgan fingerprint density at radius 3 is 2.67 bits per heavy atom. The van der Waals surface area contributed by atoms with Gasteiger partial charge in [0, 0.05) is 35.2 Å². The first-order chi connectivity index (χ1) is 8.74. The first-order valence-corrected chi connectivity index (χ1v) is 5.38. The summed E-state index contributed by atoms with van der Waals surface area (Å²) in [5.74, 6) is -0.414. The molecule has 0 atom stereocenters. The lowest BCUT2D eigenvalue weighted by Gasteiger charge is -2.15. The summed E-state index contributed by atoms with van der Waals surface area (Å²) in [5.41, 5.74) is 9.18. The molecule has 1 aliphatic carbocycles. The van der Waals surface area contributed by atoms with E-state index in [1.165, 1.54) is 6.08 Å². The molecule has 0 saturated carbocycles. The molecule has 0 heterocycles. The zero-order valence-corrected chi connectivity index (χ0v) is 9.46. The minimum absolute atomic E-state index is 0.198. The van der Waals surface area contributed by atoms with Crippen molar-refractivity contribution in [3.8, 4) is 0 Å². The predicted octanol–water partition coefficient (Wildman–Crippen LogP) is 1.85. The normalized spacial score (nSPS) is 13.4. The summed E-state index contributed by atoms with van der Waals surface area (Å²) >= 11 is 0. The lowest BCUT2D eigenvalue weighted by molar-refractivity contribution is 0.0978. The number of azide groups is 1. The number of carbonyl (C=O) groups excluding carboxylic acids is 2. The SMILES string of the molecule is [N-]=[N+]=NCCNC1=CC(=O)c2ccccc2C1=O. The molecule has 0 amide bonds. The Balaban J connectivity index is 2.18. The van der Waals surface area contributed by atoms with Crippen molar-refractivity contribution in [3.63, 3.8) is 0 Å². The third-order valence-corrected chi connectivity index (χ3v) is 2.55. The van der Waals surface area contributed by atoms with Gasteiger partial charge in [0.15, 0.2) is 5.78 Å². The van der Waals surface area contributed by atoms with E-state index in [0.717, 1.165) is 0 Å².